The average molecular weight is 300 g/mol. The minimum Gasteiger partial charge on any atom is -0.396 e. The predicted octanol–water partition coefficient (Wildman–Crippen LogP) is 1.48. The molecule has 2 aliphatic carbocycles. The molecule has 22 heavy (non-hydrogen) atoms. The van der Waals surface area contributed by atoms with Crippen molar-refractivity contribution in [1.29, 1.82) is 0 Å². The summed E-state index contributed by atoms with van der Waals surface area (Å²) in [6, 6.07) is 0.154. The Morgan fingerprint density at radius 1 is 1.41 bits per heavy atom. The Morgan fingerprint density at radius 2 is 2.23 bits per heavy atom. The van der Waals surface area contributed by atoms with Gasteiger partial charge in [-0.2, -0.15) is 9.97 Å². The number of imidazole rings is 1. The second-order valence-corrected chi connectivity index (χ2v) is 6.57. The fourth-order valence-corrected chi connectivity index (χ4v) is 2.96. The molecule has 4 N–H and O–H groups in total. The SMILES string of the molecule is CC1(Nc2nc(N)nc3c2ncn3[C@H]2C=C[C@@H](CO)C2)CC1. The molecular weight excluding hydrogens is 280 g/mol. The zero-order valence-electron chi connectivity index (χ0n) is 12.5. The molecule has 0 radical (unpaired) electrons. The number of rotatable bonds is 4. The van der Waals surface area contributed by atoms with Gasteiger partial charge in [0.1, 0.15) is 0 Å². The summed E-state index contributed by atoms with van der Waals surface area (Å²) >= 11 is 0. The molecule has 7 heteroatoms. The Bertz CT molecular complexity index is 748. The molecule has 0 unspecified atom stereocenters. The van der Waals surface area contributed by atoms with Gasteiger partial charge in [-0.25, -0.2) is 4.98 Å². The van der Waals surface area contributed by atoms with Crippen LogP contribution in [-0.2, 0) is 0 Å². The second-order valence-electron chi connectivity index (χ2n) is 6.57. The third-order valence-electron chi connectivity index (χ3n) is 4.60. The van der Waals surface area contributed by atoms with E-state index in [0.717, 1.165) is 30.4 Å². The number of aromatic nitrogens is 4. The first-order valence-corrected chi connectivity index (χ1v) is 7.65. The number of allylic oxidation sites excluding steroid dienone is 1. The maximum absolute atomic E-state index is 9.29. The minimum absolute atomic E-state index is 0.104. The lowest BCUT2D eigenvalue weighted by Gasteiger charge is -2.15. The van der Waals surface area contributed by atoms with Crippen molar-refractivity contribution in [2.45, 2.75) is 37.8 Å². The van der Waals surface area contributed by atoms with Gasteiger partial charge in [0.25, 0.3) is 0 Å². The summed E-state index contributed by atoms with van der Waals surface area (Å²) in [6.45, 7) is 2.33. The summed E-state index contributed by atoms with van der Waals surface area (Å²) in [5, 5.41) is 12.7. The van der Waals surface area contributed by atoms with Crippen molar-refractivity contribution in [3.05, 3.63) is 18.5 Å². The Labute approximate surface area is 128 Å². The predicted molar refractivity (Wildman–Crippen MR) is 84.4 cm³/mol. The molecule has 2 aliphatic rings. The molecule has 2 atom stereocenters. The maximum atomic E-state index is 9.29. The number of nitrogens with two attached hydrogens (primary N) is 1. The van der Waals surface area contributed by atoms with Gasteiger partial charge in [-0.15, -0.1) is 0 Å². The van der Waals surface area contributed by atoms with E-state index in [9.17, 15) is 5.11 Å². The van der Waals surface area contributed by atoms with Crippen LogP contribution in [0.25, 0.3) is 11.2 Å². The number of fused-ring (bicyclic) bond motifs is 1. The van der Waals surface area contributed by atoms with Crippen molar-refractivity contribution >= 4 is 22.9 Å². The van der Waals surface area contributed by atoms with E-state index in [1.54, 1.807) is 6.33 Å². The standard InChI is InChI=1S/C15H20N6O/c1-15(4-5-15)20-12-11-13(19-14(16)18-12)21(8-17-11)10-3-2-9(6-10)7-22/h2-3,8-10,22H,4-7H2,1H3,(H3,16,18,19,20)/t9-,10+/m1/s1. The highest BCUT2D eigenvalue weighted by Crippen LogP contribution is 2.39. The Morgan fingerprint density at radius 3 is 2.91 bits per heavy atom. The molecule has 0 saturated heterocycles. The molecule has 116 valence electrons. The van der Waals surface area contributed by atoms with E-state index in [-0.39, 0.29) is 30.1 Å². The van der Waals surface area contributed by atoms with Gasteiger partial charge in [-0.05, 0) is 26.2 Å². The largest absolute Gasteiger partial charge is 0.396 e. The number of hydrogen-bond acceptors (Lipinski definition) is 6. The molecule has 0 amide bonds. The number of nitrogens with zero attached hydrogens (tertiary/aromatic N) is 4. The first kappa shape index (κ1) is 13.5. The Balaban J connectivity index is 1.74. The zero-order chi connectivity index (χ0) is 15.3. The van der Waals surface area contributed by atoms with E-state index in [0.29, 0.717) is 5.82 Å². The second kappa shape index (κ2) is 4.67. The topological polar surface area (TPSA) is 102 Å². The van der Waals surface area contributed by atoms with Crippen LogP contribution in [0, 0.1) is 5.92 Å². The number of nitrogen functional groups attached to an aromatic ring is 1. The Hall–Kier alpha value is -2.15. The third-order valence-corrected chi connectivity index (χ3v) is 4.60. The van der Waals surface area contributed by atoms with Crippen LogP contribution in [0.4, 0.5) is 11.8 Å². The van der Waals surface area contributed by atoms with E-state index in [1.807, 2.05) is 10.6 Å². The van der Waals surface area contributed by atoms with Gasteiger partial charge >= 0.3 is 0 Å². The minimum atomic E-state index is 0.104. The highest BCUT2D eigenvalue weighted by molar-refractivity contribution is 5.84. The highest BCUT2D eigenvalue weighted by Gasteiger charge is 2.38. The normalized spacial score (nSPS) is 25.7. The molecular formula is C15H20N6O. The summed E-state index contributed by atoms with van der Waals surface area (Å²) in [7, 11) is 0. The van der Waals surface area contributed by atoms with Gasteiger partial charge in [0.15, 0.2) is 17.0 Å². The van der Waals surface area contributed by atoms with Crippen LogP contribution in [0.15, 0.2) is 18.5 Å². The van der Waals surface area contributed by atoms with Crippen molar-refractivity contribution in [1.82, 2.24) is 19.5 Å². The average Bonchev–Trinajstić information content (AvgIpc) is 2.93. The third kappa shape index (κ3) is 2.21. The monoisotopic (exact) mass is 300 g/mol. The summed E-state index contributed by atoms with van der Waals surface area (Å²) in [4.78, 5) is 13.2. The smallest absolute Gasteiger partial charge is 0.224 e. The van der Waals surface area contributed by atoms with Crippen molar-refractivity contribution in [3.63, 3.8) is 0 Å². The molecule has 1 fully saturated rings. The number of aliphatic hydroxyl groups is 1. The first-order chi connectivity index (χ1) is 10.6. The molecule has 0 aliphatic heterocycles. The van der Waals surface area contributed by atoms with Crippen LogP contribution >= 0.6 is 0 Å². The number of hydrogen-bond donors (Lipinski definition) is 3. The molecule has 2 heterocycles. The number of aliphatic hydroxyl groups excluding tert-OH is 1. The van der Waals surface area contributed by atoms with E-state index in [1.165, 1.54) is 0 Å². The van der Waals surface area contributed by atoms with Crippen LogP contribution < -0.4 is 11.1 Å². The Kier molecular flexibility index (Phi) is 2.87. The maximum Gasteiger partial charge on any atom is 0.224 e. The van der Waals surface area contributed by atoms with Crippen molar-refractivity contribution in [2.75, 3.05) is 17.7 Å². The fourth-order valence-electron chi connectivity index (χ4n) is 2.96. The molecule has 2 aromatic heterocycles. The van der Waals surface area contributed by atoms with Gasteiger partial charge < -0.3 is 20.7 Å². The van der Waals surface area contributed by atoms with Crippen LogP contribution in [0.2, 0.25) is 0 Å². The summed E-state index contributed by atoms with van der Waals surface area (Å²) < 4.78 is 2.01. The van der Waals surface area contributed by atoms with E-state index < -0.39 is 0 Å². The summed E-state index contributed by atoms with van der Waals surface area (Å²) in [6.07, 6.45) is 9.03. The van der Waals surface area contributed by atoms with Crippen LogP contribution in [0.3, 0.4) is 0 Å². The van der Waals surface area contributed by atoms with E-state index in [4.69, 9.17) is 5.73 Å². The summed E-state index contributed by atoms with van der Waals surface area (Å²) in [5.74, 6) is 1.16. The van der Waals surface area contributed by atoms with E-state index >= 15 is 0 Å². The number of anilines is 2. The van der Waals surface area contributed by atoms with Crippen LogP contribution in [-0.4, -0.2) is 36.8 Å². The quantitative estimate of drug-likeness (QED) is 0.739. The van der Waals surface area contributed by atoms with E-state index in [2.05, 4.69) is 33.3 Å². The number of nitrogens with one attached hydrogen (secondary N) is 1. The van der Waals surface area contributed by atoms with Gasteiger partial charge in [0, 0.05) is 18.1 Å². The first-order valence-electron chi connectivity index (χ1n) is 7.65. The molecule has 4 rings (SSSR count). The molecule has 2 aromatic rings. The van der Waals surface area contributed by atoms with Crippen molar-refractivity contribution in [3.8, 4) is 0 Å². The lowest BCUT2D eigenvalue weighted by Crippen LogP contribution is -2.18. The summed E-state index contributed by atoms with van der Waals surface area (Å²) in [5.41, 5.74) is 7.48. The van der Waals surface area contributed by atoms with Crippen LogP contribution in [0.1, 0.15) is 32.2 Å². The van der Waals surface area contributed by atoms with Gasteiger partial charge in [-0.3, -0.25) is 0 Å². The van der Waals surface area contributed by atoms with Crippen LogP contribution in [0.5, 0.6) is 0 Å². The molecule has 0 bridgehead atoms. The highest BCUT2D eigenvalue weighted by atomic mass is 16.3. The molecule has 0 spiro atoms. The molecule has 1 saturated carbocycles. The lowest BCUT2D eigenvalue weighted by atomic mass is 10.1. The van der Waals surface area contributed by atoms with Crippen molar-refractivity contribution < 1.29 is 5.11 Å². The fraction of sp³-hybridized carbons (Fsp3) is 0.533. The zero-order valence-corrected chi connectivity index (χ0v) is 12.5. The van der Waals surface area contributed by atoms with Gasteiger partial charge in [0.2, 0.25) is 5.95 Å². The molecule has 0 aromatic carbocycles. The van der Waals surface area contributed by atoms with Crippen molar-refractivity contribution in [2.24, 2.45) is 5.92 Å². The van der Waals surface area contributed by atoms with Gasteiger partial charge in [-0.1, -0.05) is 12.2 Å². The lowest BCUT2D eigenvalue weighted by molar-refractivity contribution is 0.244. The van der Waals surface area contributed by atoms with Gasteiger partial charge in [0.05, 0.1) is 12.4 Å². The molecule has 7 nitrogen and oxygen atoms in total.